The van der Waals surface area contributed by atoms with Crippen molar-refractivity contribution in [3.63, 3.8) is 0 Å². The molecule has 4 aliphatic rings. The van der Waals surface area contributed by atoms with Crippen molar-refractivity contribution in [2.45, 2.75) is 109 Å². The summed E-state index contributed by atoms with van der Waals surface area (Å²) in [4.78, 5) is 65.0. The largest absolute Gasteiger partial charge is 0.476 e. The second kappa shape index (κ2) is 14.6. The lowest BCUT2D eigenvalue weighted by atomic mass is 9.84. The van der Waals surface area contributed by atoms with E-state index in [1.165, 1.54) is 11.0 Å². The van der Waals surface area contributed by atoms with Gasteiger partial charge in [0.2, 0.25) is 11.8 Å². The number of fused-ring (bicyclic) bond motifs is 1. The summed E-state index contributed by atoms with van der Waals surface area (Å²) in [6, 6.07) is 6.83. The number of carbonyl (C=O) groups excluding carboxylic acids is 4. The number of nitrogens with one attached hydrogen (secondary N) is 1. The molecule has 2 saturated carbocycles. The van der Waals surface area contributed by atoms with E-state index in [0.717, 1.165) is 31.9 Å². The van der Waals surface area contributed by atoms with E-state index in [1.807, 2.05) is 12.1 Å². The Morgan fingerprint density at radius 2 is 1.79 bits per heavy atom. The zero-order chi connectivity index (χ0) is 37.4. The van der Waals surface area contributed by atoms with Gasteiger partial charge >= 0.3 is 6.09 Å². The molecule has 1 aromatic heterocycles. The van der Waals surface area contributed by atoms with Crippen LogP contribution >= 0.6 is 0 Å². The van der Waals surface area contributed by atoms with Crippen molar-refractivity contribution in [3.05, 3.63) is 48.0 Å². The van der Waals surface area contributed by atoms with Gasteiger partial charge in [-0.3, -0.25) is 19.4 Å². The van der Waals surface area contributed by atoms with Crippen molar-refractivity contribution in [1.82, 2.24) is 15.2 Å². The number of likely N-dealkylation sites (tertiary alicyclic amines) is 1. The van der Waals surface area contributed by atoms with Crippen molar-refractivity contribution >= 4 is 35.2 Å². The maximum Gasteiger partial charge on any atom is 0.410 e. The van der Waals surface area contributed by atoms with Gasteiger partial charge in [0, 0.05) is 51.3 Å². The Morgan fingerprint density at radius 3 is 2.44 bits per heavy atom. The van der Waals surface area contributed by atoms with E-state index < -0.39 is 40.5 Å². The molecule has 1 N–H and O–H groups in total. The number of pyridine rings is 1. The van der Waals surface area contributed by atoms with Gasteiger partial charge in [0.05, 0.1) is 29.3 Å². The molecular weight excluding hydrogens is 669 g/mol. The molecule has 0 bridgehead atoms. The summed E-state index contributed by atoms with van der Waals surface area (Å²) < 4.78 is 31.4. The highest BCUT2D eigenvalue weighted by Gasteiger charge is 2.47. The first-order chi connectivity index (χ1) is 24.6. The van der Waals surface area contributed by atoms with Gasteiger partial charge in [-0.1, -0.05) is 12.8 Å². The van der Waals surface area contributed by atoms with Crippen LogP contribution in [0.15, 0.2) is 36.7 Å². The maximum absolute atomic E-state index is 14.7. The molecule has 2 aliphatic carbocycles. The predicted molar refractivity (Wildman–Crippen MR) is 192 cm³/mol. The number of amides is 4. The molecule has 1 saturated heterocycles. The summed E-state index contributed by atoms with van der Waals surface area (Å²) in [7, 11) is 1.62. The molecule has 282 valence electrons. The van der Waals surface area contributed by atoms with Gasteiger partial charge in [0.1, 0.15) is 17.2 Å². The van der Waals surface area contributed by atoms with Crippen LogP contribution in [0, 0.1) is 17.7 Å². The molecule has 3 heterocycles. The third kappa shape index (κ3) is 8.04. The molecule has 4 amide bonds. The van der Waals surface area contributed by atoms with E-state index in [-0.39, 0.29) is 43.3 Å². The minimum atomic E-state index is -1.06. The summed E-state index contributed by atoms with van der Waals surface area (Å²) in [6.07, 6.45) is 7.59. The standard InChI is InChI=1S/C39H52FN5O7/c1-37(2,3)52-36(49)43-23-25(33(46)42-39(14-7-8-15-39)27-19-28(40)22-41-21-27)18-26(24-43)34(47)45(29-10-11-29)30-12-13-32-31(20-30)44(16-9-17-50-6)35(48)38(4,5)51-32/h12-13,19-22,25-26,29H,7-11,14-18,23-24H2,1-6H3,(H,42,46)/t25-,26+/m0/s1. The number of methoxy groups -OCH3 is 1. The van der Waals surface area contributed by atoms with Crippen molar-refractivity contribution < 1.29 is 37.8 Å². The van der Waals surface area contributed by atoms with Gasteiger partial charge in [-0.05, 0) is 103 Å². The van der Waals surface area contributed by atoms with Gasteiger partial charge in [-0.15, -0.1) is 0 Å². The maximum atomic E-state index is 14.7. The Balaban J connectivity index is 1.30. The summed E-state index contributed by atoms with van der Waals surface area (Å²) in [5.41, 5.74) is -0.805. The highest BCUT2D eigenvalue weighted by atomic mass is 19.1. The number of halogens is 1. The SMILES string of the molecule is COCCCN1C(=O)C(C)(C)Oc2ccc(N(C(=O)[C@@H]3C[C@H](C(=O)NC4(c5cncc(F)c5)CCCC4)CN(C(=O)OC(C)(C)C)C3)C3CC3)cc21. The molecule has 2 aliphatic heterocycles. The minimum absolute atomic E-state index is 0.0597. The lowest BCUT2D eigenvalue weighted by Gasteiger charge is -2.41. The van der Waals surface area contributed by atoms with Gasteiger partial charge in [0.15, 0.2) is 5.60 Å². The van der Waals surface area contributed by atoms with Crippen molar-refractivity contribution in [1.29, 1.82) is 0 Å². The average molecular weight is 722 g/mol. The fourth-order valence-electron chi connectivity index (χ4n) is 7.76. The second-order valence-electron chi connectivity index (χ2n) is 16.2. The van der Waals surface area contributed by atoms with Gasteiger partial charge in [0.25, 0.3) is 5.91 Å². The van der Waals surface area contributed by atoms with Crippen LogP contribution in [0.25, 0.3) is 0 Å². The predicted octanol–water partition coefficient (Wildman–Crippen LogP) is 5.72. The molecule has 6 rings (SSSR count). The lowest BCUT2D eigenvalue weighted by molar-refractivity contribution is -0.133. The number of ether oxygens (including phenoxy) is 3. The molecule has 12 nitrogen and oxygen atoms in total. The third-order valence-electron chi connectivity index (χ3n) is 10.4. The molecule has 0 spiro atoms. The van der Waals surface area contributed by atoms with Crippen LogP contribution < -0.4 is 19.9 Å². The van der Waals surface area contributed by atoms with Crippen LogP contribution in [-0.4, -0.2) is 84.3 Å². The van der Waals surface area contributed by atoms with Crippen LogP contribution in [0.4, 0.5) is 20.6 Å². The van der Waals surface area contributed by atoms with Crippen molar-refractivity contribution in [3.8, 4) is 5.75 Å². The molecular formula is C39H52FN5O7. The molecule has 2 aromatic rings. The molecule has 0 unspecified atom stereocenters. The first-order valence-corrected chi connectivity index (χ1v) is 18.5. The van der Waals surface area contributed by atoms with Crippen LogP contribution in [0.5, 0.6) is 5.75 Å². The van der Waals surface area contributed by atoms with Crippen LogP contribution in [0.2, 0.25) is 0 Å². The number of aromatic nitrogens is 1. The Hall–Kier alpha value is -4.26. The lowest BCUT2D eigenvalue weighted by Crippen LogP contribution is -2.56. The zero-order valence-electron chi connectivity index (χ0n) is 31.2. The minimum Gasteiger partial charge on any atom is -0.476 e. The normalized spacial score (nSPS) is 22.3. The van der Waals surface area contributed by atoms with Gasteiger partial charge in [-0.2, -0.15) is 0 Å². The number of benzene rings is 1. The monoisotopic (exact) mass is 721 g/mol. The number of carbonyl (C=O) groups is 4. The van der Waals surface area contributed by atoms with Crippen molar-refractivity contribution in [2.75, 3.05) is 43.2 Å². The number of hydrogen-bond acceptors (Lipinski definition) is 8. The summed E-state index contributed by atoms with van der Waals surface area (Å²) in [5, 5.41) is 3.23. The van der Waals surface area contributed by atoms with E-state index in [4.69, 9.17) is 14.2 Å². The van der Waals surface area contributed by atoms with Crippen LogP contribution in [0.3, 0.4) is 0 Å². The number of piperidine rings is 1. The van der Waals surface area contributed by atoms with Crippen LogP contribution in [0.1, 0.15) is 91.5 Å². The van der Waals surface area contributed by atoms with Gasteiger partial charge in [-0.25, -0.2) is 9.18 Å². The fourth-order valence-corrected chi connectivity index (χ4v) is 7.76. The third-order valence-corrected chi connectivity index (χ3v) is 10.4. The molecule has 13 heteroatoms. The molecule has 52 heavy (non-hydrogen) atoms. The van der Waals surface area contributed by atoms with Gasteiger partial charge < -0.3 is 34.2 Å². The Bertz CT molecular complexity index is 1680. The topological polar surface area (TPSA) is 131 Å². The van der Waals surface area contributed by atoms with Crippen LogP contribution in [-0.2, 0) is 29.4 Å². The van der Waals surface area contributed by atoms with E-state index >= 15 is 0 Å². The number of anilines is 2. The zero-order valence-corrected chi connectivity index (χ0v) is 31.2. The number of hydrogen-bond donors (Lipinski definition) is 1. The summed E-state index contributed by atoms with van der Waals surface area (Å²) >= 11 is 0. The van der Waals surface area contributed by atoms with E-state index in [2.05, 4.69) is 10.3 Å². The number of rotatable bonds is 10. The van der Waals surface area contributed by atoms with E-state index in [1.54, 1.807) is 63.8 Å². The Morgan fingerprint density at radius 1 is 1.08 bits per heavy atom. The molecule has 3 fully saturated rings. The molecule has 2 atom stereocenters. The second-order valence-corrected chi connectivity index (χ2v) is 16.2. The fraction of sp³-hybridized carbons (Fsp3) is 0.615. The Labute approximate surface area is 305 Å². The number of nitrogens with zero attached hydrogens (tertiary/aromatic N) is 4. The molecule has 1 aromatic carbocycles. The summed E-state index contributed by atoms with van der Waals surface area (Å²) in [6.45, 7) is 9.88. The molecule has 0 radical (unpaired) electrons. The highest BCUT2D eigenvalue weighted by molar-refractivity contribution is 6.04. The Kier molecular flexibility index (Phi) is 10.6. The van der Waals surface area contributed by atoms with Crippen molar-refractivity contribution in [2.24, 2.45) is 11.8 Å². The smallest absolute Gasteiger partial charge is 0.410 e. The summed E-state index contributed by atoms with van der Waals surface area (Å²) in [5.74, 6) is -2.03. The highest BCUT2D eigenvalue weighted by Crippen LogP contribution is 2.44. The first-order valence-electron chi connectivity index (χ1n) is 18.5. The van der Waals surface area contributed by atoms with E-state index in [0.29, 0.717) is 55.1 Å². The quantitative estimate of drug-likeness (QED) is 0.309. The van der Waals surface area contributed by atoms with E-state index in [9.17, 15) is 23.6 Å². The first kappa shape index (κ1) is 37.5. The average Bonchev–Trinajstić information content (AvgIpc) is 3.81.